The Morgan fingerprint density at radius 3 is 2.78 bits per heavy atom. The second-order valence-corrected chi connectivity index (χ2v) is 7.00. The van der Waals surface area contributed by atoms with Crippen LogP contribution in [0.2, 0.25) is 0 Å². The molecule has 2 heterocycles. The number of nitrogens with zero attached hydrogens (tertiary/aromatic N) is 1. The number of carbonyl (C=O) groups excluding carboxylic acids is 1. The van der Waals surface area contributed by atoms with Gasteiger partial charge in [-0.1, -0.05) is 0 Å². The molecule has 2 aliphatic rings. The number of hydrogen-bond acceptors (Lipinski definition) is 4. The summed E-state index contributed by atoms with van der Waals surface area (Å²) in [6, 6.07) is -0.177. The first-order valence-corrected chi connectivity index (χ1v) is 8.31. The molecule has 1 amide bonds. The Labute approximate surface area is 108 Å². The van der Waals surface area contributed by atoms with Crippen molar-refractivity contribution in [1.29, 1.82) is 0 Å². The van der Waals surface area contributed by atoms with E-state index in [0.717, 1.165) is 32.2 Å². The van der Waals surface area contributed by atoms with E-state index in [0.29, 0.717) is 13.1 Å². The highest BCUT2D eigenvalue weighted by Gasteiger charge is 2.32. The molecule has 0 aromatic carbocycles. The van der Waals surface area contributed by atoms with E-state index in [9.17, 15) is 13.2 Å². The Kier molecular flexibility index (Phi) is 4.24. The van der Waals surface area contributed by atoms with E-state index in [2.05, 4.69) is 10.6 Å². The molecule has 2 atom stereocenters. The first-order chi connectivity index (χ1) is 8.48. The van der Waals surface area contributed by atoms with Gasteiger partial charge in [0.2, 0.25) is 15.9 Å². The molecule has 0 aliphatic carbocycles. The zero-order chi connectivity index (χ0) is 13.2. The molecule has 0 radical (unpaired) electrons. The summed E-state index contributed by atoms with van der Waals surface area (Å²) >= 11 is 0. The summed E-state index contributed by atoms with van der Waals surface area (Å²) in [5, 5.41) is 5.99. The van der Waals surface area contributed by atoms with Gasteiger partial charge in [-0.3, -0.25) is 4.79 Å². The van der Waals surface area contributed by atoms with Crippen LogP contribution in [0.4, 0.5) is 0 Å². The first-order valence-electron chi connectivity index (χ1n) is 6.46. The van der Waals surface area contributed by atoms with Crippen molar-refractivity contribution in [3.63, 3.8) is 0 Å². The van der Waals surface area contributed by atoms with E-state index in [-0.39, 0.29) is 18.0 Å². The molecular weight excluding hydrogens is 254 g/mol. The second kappa shape index (κ2) is 5.54. The highest BCUT2D eigenvalue weighted by Crippen LogP contribution is 2.19. The molecular formula is C11H21N3O3S. The van der Waals surface area contributed by atoms with Gasteiger partial charge >= 0.3 is 0 Å². The quantitative estimate of drug-likeness (QED) is 0.710. The van der Waals surface area contributed by atoms with Crippen LogP contribution in [0, 0.1) is 0 Å². The zero-order valence-electron chi connectivity index (χ0n) is 10.7. The summed E-state index contributed by atoms with van der Waals surface area (Å²) in [4.78, 5) is 11.8. The van der Waals surface area contributed by atoms with Gasteiger partial charge in [-0.2, -0.15) is 4.31 Å². The van der Waals surface area contributed by atoms with Crippen LogP contribution in [0.5, 0.6) is 0 Å². The molecule has 2 aliphatic heterocycles. The molecule has 0 spiro atoms. The van der Waals surface area contributed by atoms with Gasteiger partial charge in [0.15, 0.2) is 0 Å². The lowest BCUT2D eigenvalue weighted by Crippen LogP contribution is -2.47. The predicted octanol–water partition coefficient (Wildman–Crippen LogP) is -0.721. The number of sulfonamides is 1. The Bertz CT molecular complexity index is 404. The van der Waals surface area contributed by atoms with E-state index in [1.54, 1.807) is 0 Å². The van der Waals surface area contributed by atoms with E-state index < -0.39 is 10.0 Å². The molecule has 6 nitrogen and oxygen atoms in total. The maximum atomic E-state index is 11.8. The summed E-state index contributed by atoms with van der Waals surface area (Å²) in [5.74, 6) is -0.00662. The molecule has 0 aromatic rings. The van der Waals surface area contributed by atoms with E-state index in [1.165, 1.54) is 10.6 Å². The van der Waals surface area contributed by atoms with Crippen molar-refractivity contribution >= 4 is 15.9 Å². The molecule has 0 aromatic heterocycles. The van der Waals surface area contributed by atoms with Crippen molar-refractivity contribution in [1.82, 2.24) is 14.9 Å². The van der Waals surface area contributed by atoms with Crippen LogP contribution in [0.25, 0.3) is 0 Å². The molecule has 2 N–H and O–H groups in total. The van der Waals surface area contributed by atoms with Crippen molar-refractivity contribution in [2.75, 3.05) is 25.9 Å². The van der Waals surface area contributed by atoms with Gasteiger partial charge in [-0.15, -0.1) is 0 Å². The predicted molar refractivity (Wildman–Crippen MR) is 68.6 cm³/mol. The lowest BCUT2D eigenvalue weighted by molar-refractivity contribution is -0.122. The average molecular weight is 275 g/mol. The Morgan fingerprint density at radius 2 is 2.17 bits per heavy atom. The molecule has 104 valence electrons. The number of hydrogen-bond donors (Lipinski definition) is 2. The fourth-order valence-electron chi connectivity index (χ4n) is 2.70. The Morgan fingerprint density at radius 1 is 1.39 bits per heavy atom. The van der Waals surface area contributed by atoms with Crippen LogP contribution < -0.4 is 10.6 Å². The van der Waals surface area contributed by atoms with Crippen LogP contribution in [0.3, 0.4) is 0 Å². The number of amides is 1. The Hall–Kier alpha value is -0.660. The zero-order valence-corrected chi connectivity index (χ0v) is 11.5. The SMILES string of the molecule is CS(=O)(=O)N1CCC[C@@H]1CNC(=O)C1CCCN1. The van der Waals surface area contributed by atoms with Crippen molar-refractivity contribution in [3.05, 3.63) is 0 Å². The van der Waals surface area contributed by atoms with Crippen LogP contribution in [-0.2, 0) is 14.8 Å². The molecule has 1 unspecified atom stereocenters. The van der Waals surface area contributed by atoms with Crippen molar-refractivity contribution in [2.45, 2.75) is 37.8 Å². The molecule has 2 rings (SSSR count). The molecule has 2 saturated heterocycles. The third-order valence-electron chi connectivity index (χ3n) is 3.64. The monoisotopic (exact) mass is 275 g/mol. The second-order valence-electron chi connectivity index (χ2n) is 5.06. The van der Waals surface area contributed by atoms with Crippen LogP contribution >= 0.6 is 0 Å². The van der Waals surface area contributed by atoms with Crippen LogP contribution in [-0.4, -0.2) is 56.6 Å². The largest absolute Gasteiger partial charge is 0.353 e. The lowest BCUT2D eigenvalue weighted by Gasteiger charge is -2.23. The maximum Gasteiger partial charge on any atom is 0.237 e. The number of nitrogens with one attached hydrogen (secondary N) is 2. The van der Waals surface area contributed by atoms with Gasteiger partial charge in [-0.05, 0) is 32.2 Å². The first kappa shape index (κ1) is 13.8. The maximum absolute atomic E-state index is 11.8. The van der Waals surface area contributed by atoms with Gasteiger partial charge < -0.3 is 10.6 Å². The topological polar surface area (TPSA) is 78.5 Å². The summed E-state index contributed by atoms with van der Waals surface area (Å²) in [6.07, 6.45) is 4.82. The standard InChI is InChI=1S/C11H21N3O3S/c1-18(16,17)14-7-3-4-9(14)8-13-11(15)10-5-2-6-12-10/h9-10,12H,2-8H2,1H3,(H,13,15)/t9-,10?/m1/s1. The van der Waals surface area contributed by atoms with Crippen molar-refractivity contribution in [2.24, 2.45) is 0 Å². The van der Waals surface area contributed by atoms with Crippen molar-refractivity contribution in [3.8, 4) is 0 Å². The van der Waals surface area contributed by atoms with E-state index in [4.69, 9.17) is 0 Å². The van der Waals surface area contributed by atoms with Gasteiger partial charge in [0.1, 0.15) is 0 Å². The summed E-state index contributed by atoms with van der Waals surface area (Å²) in [7, 11) is -3.15. The van der Waals surface area contributed by atoms with Crippen LogP contribution in [0.15, 0.2) is 0 Å². The smallest absolute Gasteiger partial charge is 0.237 e. The third kappa shape index (κ3) is 3.21. The molecule has 0 bridgehead atoms. The Balaban J connectivity index is 1.84. The summed E-state index contributed by atoms with van der Waals surface area (Å²) in [5.41, 5.74) is 0. The van der Waals surface area contributed by atoms with Gasteiger partial charge in [0.25, 0.3) is 0 Å². The van der Waals surface area contributed by atoms with Crippen LogP contribution in [0.1, 0.15) is 25.7 Å². The minimum absolute atomic E-state index is 0.00662. The highest BCUT2D eigenvalue weighted by atomic mass is 32.2. The summed E-state index contributed by atoms with van der Waals surface area (Å²) < 4.78 is 24.6. The minimum atomic E-state index is -3.15. The van der Waals surface area contributed by atoms with Gasteiger partial charge in [-0.25, -0.2) is 8.42 Å². The van der Waals surface area contributed by atoms with E-state index in [1.807, 2.05) is 0 Å². The minimum Gasteiger partial charge on any atom is -0.353 e. The third-order valence-corrected chi connectivity index (χ3v) is 4.97. The van der Waals surface area contributed by atoms with Gasteiger partial charge in [0, 0.05) is 19.1 Å². The van der Waals surface area contributed by atoms with E-state index >= 15 is 0 Å². The van der Waals surface area contributed by atoms with Crippen molar-refractivity contribution < 1.29 is 13.2 Å². The fraction of sp³-hybridized carbons (Fsp3) is 0.909. The van der Waals surface area contributed by atoms with Gasteiger partial charge in [0.05, 0.1) is 12.3 Å². The molecule has 18 heavy (non-hydrogen) atoms. The highest BCUT2D eigenvalue weighted by molar-refractivity contribution is 7.88. The molecule has 0 saturated carbocycles. The average Bonchev–Trinajstić information content (AvgIpc) is 2.95. The lowest BCUT2D eigenvalue weighted by atomic mass is 10.2. The molecule has 7 heteroatoms. The number of carbonyl (C=O) groups is 1. The molecule has 2 fully saturated rings. The number of rotatable bonds is 4. The summed E-state index contributed by atoms with van der Waals surface area (Å²) in [6.45, 7) is 1.88. The normalized spacial score (nSPS) is 29.6. The fourth-order valence-corrected chi connectivity index (χ4v) is 3.88.